The summed E-state index contributed by atoms with van der Waals surface area (Å²) in [6.07, 6.45) is 0.798. The van der Waals surface area contributed by atoms with E-state index in [0.717, 1.165) is 12.1 Å². The van der Waals surface area contributed by atoms with Gasteiger partial charge < -0.3 is 11.1 Å². The first kappa shape index (κ1) is 11.0. The van der Waals surface area contributed by atoms with Crippen molar-refractivity contribution in [1.29, 1.82) is 0 Å². The van der Waals surface area contributed by atoms with Gasteiger partial charge >= 0.3 is 0 Å². The lowest BCUT2D eigenvalue weighted by atomic mass is 10.3. The van der Waals surface area contributed by atoms with Crippen LogP contribution in [-0.2, 0) is 6.42 Å². The largest absolute Gasteiger partial charge is 0.368 e. The fourth-order valence-electron chi connectivity index (χ4n) is 1.11. The smallest absolute Gasteiger partial charge is 0.228 e. The lowest BCUT2D eigenvalue weighted by molar-refractivity contribution is 0.944. The van der Waals surface area contributed by atoms with Crippen LogP contribution in [0.4, 0.5) is 11.9 Å². The van der Waals surface area contributed by atoms with Crippen LogP contribution in [0, 0.1) is 0 Å². The van der Waals surface area contributed by atoms with Crippen molar-refractivity contribution in [2.75, 3.05) is 17.6 Å². The number of thiazole rings is 1. The summed E-state index contributed by atoms with van der Waals surface area (Å²) in [5, 5.41) is 5.09. The highest BCUT2D eigenvalue weighted by Gasteiger charge is 2.01. The third kappa shape index (κ3) is 3.01. The highest BCUT2D eigenvalue weighted by atomic mass is 35.5. The monoisotopic (exact) mass is 256 g/mol. The summed E-state index contributed by atoms with van der Waals surface area (Å²) in [5.74, 6) is 0.490. The Balaban J connectivity index is 1.89. The van der Waals surface area contributed by atoms with Crippen LogP contribution in [-0.4, -0.2) is 26.5 Å². The average Bonchev–Trinajstić information content (AvgIpc) is 2.69. The highest BCUT2D eigenvalue weighted by Crippen LogP contribution is 2.07. The Kier molecular flexibility index (Phi) is 3.47. The molecule has 0 aliphatic carbocycles. The van der Waals surface area contributed by atoms with Gasteiger partial charge in [-0.3, -0.25) is 0 Å². The van der Waals surface area contributed by atoms with E-state index < -0.39 is 0 Å². The standard InChI is InChI=1S/C8H9ClN6S/c9-6-13-7(10)15-8(14-6)11-2-1-5-3-16-4-12-5/h3-4H,1-2H2,(H3,10,11,13,14,15). The number of halogens is 1. The van der Waals surface area contributed by atoms with Crippen molar-refractivity contribution in [3.63, 3.8) is 0 Å². The normalized spacial score (nSPS) is 10.3. The van der Waals surface area contributed by atoms with Crippen LogP contribution in [0.1, 0.15) is 5.69 Å². The Morgan fingerprint density at radius 2 is 2.25 bits per heavy atom. The summed E-state index contributed by atoms with van der Waals surface area (Å²) in [6, 6.07) is 0. The lowest BCUT2D eigenvalue weighted by Crippen LogP contribution is -2.10. The van der Waals surface area contributed by atoms with Gasteiger partial charge in [0.1, 0.15) is 0 Å². The van der Waals surface area contributed by atoms with Crippen LogP contribution >= 0.6 is 22.9 Å². The van der Waals surface area contributed by atoms with Gasteiger partial charge in [-0.2, -0.15) is 15.0 Å². The Bertz CT molecular complexity index is 439. The maximum Gasteiger partial charge on any atom is 0.228 e. The van der Waals surface area contributed by atoms with E-state index in [9.17, 15) is 0 Å². The Morgan fingerprint density at radius 3 is 2.94 bits per heavy atom. The predicted octanol–water partition coefficient (Wildman–Crippen LogP) is 1.22. The second kappa shape index (κ2) is 5.04. The number of nitrogens with two attached hydrogens (primary N) is 1. The molecule has 0 unspecified atom stereocenters. The fourth-order valence-corrected chi connectivity index (χ4v) is 1.87. The molecule has 0 fully saturated rings. The summed E-state index contributed by atoms with van der Waals surface area (Å²) in [6.45, 7) is 0.670. The predicted molar refractivity (Wildman–Crippen MR) is 63.6 cm³/mol. The molecular formula is C8H9ClN6S. The maximum absolute atomic E-state index is 5.64. The topological polar surface area (TPSA) is 89.6 Å². The molecule has 0 spiro atoms. The zero-order valence-electron chi connectivity index (χ0n) is 8.22. The van der Waals surface area contributed by atoms with E-state index in [2.05, 4.69) is 25.3 Å². The number of rotatable bonds is 4. The molecule has 3 N–H and O–H groups in total. The highest BCUT2D eigenvalue weighted by molar-refractivity contribution is 7.07. The second-order valence-electron chi connectivity index (χ2n) is 2.94. The molecule has 0 atom stereocenters. The zero-order chi connectivity index (χ0) is 11.4. The molecule has 6 nitrogen and oxygen atoms in total. The minimum absolute atomic E-state index is 0.0867. The summed E-state index contributed by atoms with van der Waals surface area (Å²) in [7, 11) is 0. The quantitative estimate of drug-likeness (QED) is 0.855. The molecule has 0 saturated heterocycles. The molecule has 2 aromatic rings. The Morgan fingerprint density at radius 1 is 1.38 bits per heavy atom. The van der Waals surface area contributed by atoms with Crippen molar-refractivity contribution in [2.24, 2.45) is 0 Å². The van der Waals surface area contributed by atoms with Crippen LogP contribution in [0.25, 0.3) is 0 Å². The maximum atomic E-state index is 5.64. The number of hydrogen-bond acceptors (Lipinski definition) is 7. The lowest BCUT2D eigenvalue weighted by Gasteiger charge is -2.03. The van der Waals surface area contributed by atoms with E-state index in [-0.39, 0.29) is 11.2 Å². The molecule has 8 heteroatoms. The van der Waals surface area contributed by atoms with E-state index in [1.165, 1.54) is 0 Å². The third-order valence-electron chi connectivity index (χ3n) is 1.77. The molecule has 2 rings (SSSR count). The Hall–Kier alpha value is -1.47. The van der Waals surface area contributed by atoms with Gasteiger partial charge in [-0.05, 0) is 11.6 Å². The fraction of sp³-hybridized carbons (Fsp3) is 0.250. The minimum atomic E-state index is 0.0867. The molecule has 84 valence electrons. The molecule has 0 amide bonds. The number of nitrogens with zero attached hydrogens (tertiary/aromatic N) is 4. The van der Waals surface area contributed by atoms with Crippen LogP contribution in [0.5, 0.6) is 0 Å². The molecule has 0 bridgehead atoms. The van der Waals surface area contributed by atoms with Crippen molar-refractivity contribution < 1.29 is 0 Å². The van der Waals surface area contributed by atoms with Crippen molar-refractivity contribution in [1.82, 2.24) is 19.9 Å². The number of aromatic nitrogens is 4. The van der Waals surface area contributed by atoms with Crippen LogP contribution in [0.2, 0.25) is 5.28 Å². The Labute approximate surface area is 101 Å². The van der Waals surface area contributed by atoms with Gasteiger partial charge in [0, 0.05) is 18.3 Å². The average molecular weight is 257 g/mol. The van der Waals surface area contributed by atoms with Gasteiger partial charge in [0.25, 0.3) is 0 Å². The number of nitrogens with one attached hydrogen (secondary N) is 1. The van der Waals surface area contributed by atoms with E-state index in [4.69, 9.17) is 17.3 Å². The van der Waals surface area contributed by atoms with Crippen molar-refractivity contribution in [3.05, 3.63) is 21.9 Å². The number of anilines is 2. The summed E-state index contributed by atoms with van der Waals surface area (Å²) >= 11 is 7.21. The first-order chi connectivity index (χ1) is 7.74. The van der Waals surface area contributed by atoms with E-state index in [1.807, 2.05) is 5.38 Å². The van der Waals surface area contributed by atoms with Gasteiger partial charge in [-0.15, -0.1) is 11.3 Å². The van der Waals surface area contributed by atoms with Crippen LogP contribution in [0.15, 0.2) is 10.9 Å². The van der Waals surface area contributed by atoms with E-state index in [1.54, 1.807) is 16.8 Å². The van der Waals surface area contributed by atoms with Crippen molar-refractivity contribution in [2.45, 2.75) is 6.42 Å². The van der Waals surface area contributed by atoms with Gasteiger partial charge in [0.2, 0.25) is 17.2 Å². The van der Waals surface area contributed by atoms with E-state index in [0.29, 0.717) is 12.5 Å². The third-order valence-corrected chi connectivity index (χ3v) is 2.58. The molecule has 0 aliphatic heterocycles. The molecule has 0 saturated carbocycles. The summed E-state index contributed by atoms with van der Waals surface area (Å²) in [5.41, 5.74) is 8.26. The van der Waals surface area contributed by atoms with Gasteiger partial charge in [0.15, 0.2) is 0 Å². The molecule has 0 aliphatic rings. The van der Waals surface area contributed by atoms with Gasteiger partial charge in [-0.25, -0.2) is 4.98 Å². The summed E-state index contributed by atoms with van der Waals surface area (Å²) in [4.78, 5) is 15.6. The summed E-state index contributed by atoms with van der Waals surface area (Å²) < 4.78 is 0. The first-order valence-electron chi connectivity index (χ1n) is 4.52. The number of nitrogen functional groups attached to an aromatic ring is 1. The second-order valence-corrected chi connectivity index (χ2v) is 4.00. The first-order valence-corrected chi connectivity index (χ1v) is 5.84. The van der Waals surface area contributed by atoms with Crippen molar-refractivity contribution >= 4 is 34.8 Å². The number of hydrogen-bond donors (Lipinski definition) is 2. The minimum Gasteiger partial charge on any atom is -0.368 e. The molecular weight excluding hydrogens is 248 g/mol. The molecule has 2 aromatic heterocycles. The van der Waals surface area contributed by atoms with Gasteiger partial charge in [-0.1, -0.05) is 0 Å². The van der Waals surface area contributed by atoms with Crippen molar-refractivity contribution in [3.8, 4) is 0 Å². The SMILES string of the molecule is Nc1nc(Cl)nc(NCCc2cscn2)n1. The van der Waals surface area contributed by atoms with Crippen LogP contribution in [0.3, 0.4) is 0 Å². The molecule has 0 aromatic carbocycles. The molecule has 0 radical (unpaired) electrons. The molecule has 2 heterocycles. The zero-order valence-corrected chi connectivity index (χ0v) is 9.79. The van der Waals surface area contributed by atoms with E-state index >= 15 is 0 Å². The van der Waals surface area contributed by atoms with Gasteiger partial charge in [0.05, 0.1) is 11.2 Å². The molecule has 16 heavy (non-hydrogen) atoms. The van der Waals surface area contributed by atoms with Crippen LogP contribution < -0.4 is 11.1 Å².